The minimum atomic E-state index is -0.843. The van der Waals surface area contributed by atoms with Crippen LogP contribution in [0.15, 0.2) is 42.1 Å². The number of fused-ring (bicyclic) bond motifs is 3. The number of allylic oxidation sites excluding steroid dienone is 3. The highest BCUT2D eigenvalue weighted by molar-refractivity contribution is 5.99. The fourth-order valence-electron chi connectivity index (χ4n) is 4.91. The number of benzene rings is 1. The monoisotopic (exact) mass is 405 g/mol. The Kier molecular flexibility index (Phi) is 4.65. The molecule has 1 amide bonds. The van der Waals surface area contributed by atoms with Crippen LogP contribution in [0.1, 0.15) is 41.4 Å². The van der Waals surface area contributed by atoms with Crippen LogP contribution in [0.2, 0.25) is 0 Å². The van der Waals surface area contributed by atoms with E-state index >= 15 is 0 Å². The van der Waals surface area contributed by atoms with E-state index in [2.05, 4.69) is 24.0 Å². The Morgan fingerprint density at radius 2 is 1.93 bits per heavy atom. The van der Waals surface area contributed by atoms with Crippen LogP contribution in [-0.2, 0) is 24.3 Å². The van der Waals surface area contributed by atoms with Crippen molar-refractivity contribution in [2.75, 3.05) is 19.6 Å². The van der Waals surface area contributed by atoms with Crippen LogP contribution < -0.4 is 0 Å². The molecule has 6 nitrogen and oxygen atoms in total. The van der Waals surface area contributed by atoms with Crippen LogP contribution in [0, 0.1) is 5.92 Å². The molecule has 30 heavy (non-hydrogen) atoms. The summed E-state index contributed by atoms with van der Waals surface area (Å²) in [5, 5.41) is 10.5. The molecule has 2 aliphatic heterocycles. The Morgan fingerprint density at radius 3 is 2.60 bits per heavy atom. The van der Waals surface area contributed by atoms with Crippen molar-refractivity contribution in [3.8, 4) is 0 Å². The Bertz CT molecular complexity index is 1090. The summed E-state index contributed by atoms with van der Waals surface area (Å²) in [7, 11) is 0. The van der Waals surface area contributed by atoms with E-state index in [-0.39, 0.29) is 12.5 Å². The molecule has 5 rings (SSSR count). The van der Waals surface area contributed by atoms with Crippen LogP contribution >= 0.6 is 0 Å². The van der Waals surface area contributed by atoms with E-state index in [9.17, 15) is 14.7 Å². The predicted octanol–water partition coefficient (Wildman–Crippen LogP) is 3.41. The molecular formula is C24H27N3O3. The van der Waals surface area contributed by atoms with Gasteiger partial charge < -0.3 is 19.5 Å². The van der Waals surface area contributed by atoms with Crippen molar-refractivity contribution in [1.29, 1.82) is 0 Å². The van der Waals surface area contributed by atoms with E-state index in [1.165, 1.54) is 5.70 Å². The van der Waals surface area contributed by atoms with Gasteiger partial charge in [-0.3, -0.25) is 9.59 Å². The van der Waals surface area contributed by atoms with Gasteiger partial charge in [0.05, 0.1) is 0 Å². The predicted molar refractivity (Wildman–Crippen MR) is 115 cm³/mol. The van der Waals surface area contributed by atoms with E-state index in [1.54, 1.807) is 0 Å². The second kappa shape index (κ2) is 7.35. The van der Waals surface area contributed by atoms with E-state index in [0.717, 1.165) is 67.6 Å². The van der Waals surface area contributed by atoms with Crippen molar-refractivity contribution in [1.82, 2.24) is 14.4 Å². The molecule has 1 aromatic carbocycles. The van der Waals surface area contributed by atoms with Gasteiger partial charge in [-0.2, -0.15) is 0 Å². The molecule has 0 bridgehead atoms. The van der Waals surface area contributed by atoms with Gasteiger partial charge in [-0.15, -0.1) is 0 Å². The third kappa shape index (κ3) is 3.20. The molecule has 0 atom stereocenters. The molecule has 3 heterocycles. The van der Waals surface area contributed by atoms with Crippen LogP contribution in [0.25, 0.3) is 10.9 Å². The molecule has 0 saturated carbocycles. The number of aromatic nitrogens is 1. The third-order valence-corrected chi connectivity index (χ3v) is 6.76. The molecule has 0 spiro atoms. The lowest BCUT2D eigenvalue weighted by molar-refractivity contribution is -0.137. The number of carboxylic acids is 1. The van der Waals surface area contributed by atoms with E-state index in [4.69, 9.17) is 0 Å². The molecule has 1 aliphatic carbocycles. The zero-order valence-corrected chi connectivity index (χ0v) is 17.3. The van der Waals surface area contributed by atoms with Gasteiger partial charge in [0.25, 0.3) is 5.91 Å². The summed E-state index contributed by atoms with van der Waals surface area (Å²) in [6.45, 7) is 5.43. The van der Waals surface area contributed by atoms with Gasteiger partial charge in [0.1, 0.15) is 6.54 Å². The number of hydrogen-bond donors (Lipinski definition) is 1. The highest BCUT2D eigenvalue weighted by Crippen LogP contribution is 2.34. The van der Waals surface area contributed by atoms with E-state index in [1.807, 2.05) is 33.7 Å². The summed E-state index contributed by atoms with van der Waals surface area (Å²) in [6, 6.07) is 5.78. The fourth-order valence-corrected chi connectivity index (χ4v) is 4.91. The Labute approximate surface area is 176 Å². The molecule has 2 aromatic rings. The largest absolute Gasteiger partial charge is 0.480 e. The lowest BCUT2D eigenvalue weighted by Crippen LogP contribution is -2.37. The topological polar surface area (TPSA) is 65.8 Å². The van der Waals surface area contributed by atoms with Gasteiger partial charge in [0.2, 0.25) is 0 Å². The van der Waals surface area contributed by atoms with Crippen molar-refractivity contribution in [2.45, 2.75) is 39.3 Å². The third-order valence-electron chi connectivity index (χ3n) is 6.76. The van der Waals surface area contributed by atoms with Crippen LogP contribution in [-0.4, -0.2) is 51.0 Å². The molecular weight excluding hydrogens is 378 g/mol. The molecule has 1 N–H and O–H groups in total. The van der Waals surface area contributed by atoms with Crippen molar-refractivity contribution in [2.24, 2.45) is 5.92 Å². The molecule has 3 aliphatic rings. The normalized spacial score (nSPS) is 18.9. The maximum Gasteiger partial charge on any atom is 0.323 e. The van der Waals surface area contributed by atoms with Gasteiger partial charge in [0, 0.05) is 66.0 Å². The first-order valence-electron chi connectivity index (χ1n) is 10.8. The smallest absolute Gasteiger partial charge is 0.323 e. The van der Waals surface area contributed by atoms with Gasteiger partial charge >= 0.3 is 5.97 Å². The van der Waals surface area contributed by atoms with Gasteiger partial charge in [0.15, 0.2) is 0 Å². The van der Waals surface area contributed by atoms with Gasteiger partial charge in [-0.25, -0.2) is 0 Å². The molecule has 1 fully saturated rings. The SMILES string of the molecule is CC1CCN(C(=O)c2ccc3c(c2)c2c(n3CC(=O)O)CCN(C3=CC=C3)C2)CC1. The lowest BCUT2D eigenvalue weighted by Gasteiger charge is -2.32. The second-order valence-corrected chi connectivity index (χ2v) is 8.73. The van der Waals surface area contributed by atoms with Crippen LogP contribution in [0.4, 0.5) is 0 Å². The summed E-state index contributed by atoms with van der Waals surface area (Å²) in [5.74, 6) is -0.0837. The molecule has 156 valence electrons. The highest BCUT2D eigenvalue weighted by atomic mass is 16.4. The zero-order chi connectivity index (χ0) is 20.8. The first kappa shape index (κ1) is 19.0. The average Bonchev–Trinajstić information content (AvgIpc) is 2.99. The Hall–Kier alpha value is -3.02. The standard InChI is InChI=1S/C24H27N3O3/c1-16-7-10-25(11-8-16)24(30)17-5-6-21-19(13-17)20-14-26(18-3-2-4-18)12-9-22(20)27(21)15-23(28)29/h2-6,13,16H,7-12,14-15H2,1H3,(H,28,29). The number of likely N-dealkylation sites (tertiary alicyclic amines) is 1. The van der Waals surface area contributed by atoms with Crippen molar-refractivity contribution >= 4 is 22.8 Å². The van der Waals surface area contributed by atoms with Gasteiger partial charge in [-0.05, 0) is 49.1 Å². The average molecular weight is 405 g/mol. The lowest BCUT2D eigenvalue weighted by atomic mass is 9.98. The number of carbonyl (C=O) groups is 2. The number of rotatable bonds is 4. The van der Waals surface area contributed by atoms with Crippen molar-refractivity contribution < 1.29 is 14.7 Å². The number of piperidine rings is 1. The number of hydrogen-bond acceptors (Lipinski definition) is 3. The molecule has 6 heteroatoms. The number of aliphatic carboxylic acids is 1. The van der Waals surface area contributed by atoms with Crippen LogP contribution in [0.5, 0.6) is 0 Å². The summed E-state index contributed by atoms with van der Waals surface area (Å²) in [6.07, 6.45) is 9.15. The number of amides is 1. The molecule has 1 aromatic heterocycles. The first-order chi connectivity index (χ1) is 14.5. The maximum atomic E-state index is 13.1. The highest BCUT2D eigenvalue weighted by Gasteiger charge is 2.27. The maximum absolute atomic E-state index is 13.1. The summed E-state index contributed by atoms with van der Waals surface area (Å²) in [4.78, 5) is 28.9. The van der Waals surface area contributed by atoms with E-state index < -0.39 is 5.97 Å². The summed E-state index contributed by atoms with van der Waals surface area (Å²) >= 11 is 0. The van der Waals surface area contributed by atoms with Crippen LogP contribution in [0.3, 0.4) is 0 Å². The summed E-state index contributed by atoms with van der Waals surface area (Å²) < 4.78 is 1.92. The second-order valence-electron chi connectivity index (χ2n) is 8.73. The minimum Gasteiger partial charge on any atom is -0.480 e. The molecule has 0 unspecified atom stereocenters. The Balaban J connectivity index is 1.53. The van der Waals surface area contributed by atoms with Crippen molar-refractivity contribution in [3.63, 3.8) is 0 Å². The molecule has 0 radical (unpaired) electrons. The number of nitrogens with zero attached hydrogens (tertiary/aromatic N) is 3. The summed E-state index contributed by atoms with van der Waals surface area (Å²) in [5.41, 5.74) is 5.07. The number of carboxylic acid groups (broad SMARTS) is 1. The fraction of sp³-hybridized carbons (Fsp3) is 0.417. The minimum absolute atomic E-state index is 0.0499. The van der Waals surface area contributed by atoms with E-state index in [0.29, 0.717) is 11.5 Å². The quantitative estimate of drug-likeness (QED) is 0.847. The zero-order valence-electron chi connectivity index (χ0n) is 17.3. The van der Waals surface area contributed by atoms with Gasteiger partial charge in [-0.1, -0.05) is 13.0 Å². The first-order valence-corrected chi connectivity index (χ1v) is 10.8. The molecule has 1 saturated heterocycles. The van der Waals surface area contributed by atoms with Crippen molar-refractivity contribution in [3.05, 3.63) is 58.9 Å². The Morgan fingerprint density at radius 1 is 1.17 bits per heavy atom. The number of carbonyl (C=O) groups excluding carboxylic acids is 1.